The summed E-state index contributed by atoms with van der Waals surface area (Å²) >= 11 is -1.62. The Kier molecular flexibility index (Phi) is 8.07. The molecule has 0 saturated carbocycles. The van der Waals surface area contributed by atoms with Crippen molar-refractivity contribution in [2.75, 3.05) is 26.4 Å². The Balaban J connectivity index is 0.000000187. The Hall–Kier alpha value is 0.0395. The molecule has 0 unspecified atom stereocenters. The van der Waals surface area contributed by atoms with E-state index in [1.807, 2.05) is 0 Å². The fourth-order valence-corrected chi connectivity index (χ4v) is 0.440. The second-order valence-electron chi connectivity index (χ2n) is 1.29. The minimum absolute atomic E-state index is 0.778. The molecule has 0 bridgehead atoms. The van der Waals surface area contributed by atoms with E-state index in [1.54, 1.807) is 0 Å². The molecule has 4 nitrogen and oxygen atoms in total. The van der Waals surface area contributed by atoms with Crippen LogP contribution in [0.4, 0.5) is 0 Å². The molecule has 0 aliphatic carbocycles. The summed E-state index contributed by atoms with van der Waals surface area (Å²) in [6, 6.07) is 0. The molecule has 54 valence electrons. The summed E-state index contributed by atoms with van der Waals surface area (Å²) in [5, 5.41) is 0. The molecule has 5 heteroatoms. The van der Waals surface area contributed by atoms with E-state index >= 15 is 0 Å². The van der Waals surface area contributed by atoms with Crippen LogP contribution in [0.15, 0.2) is 0 Å². The first-order valence-electron chi connectivity index (χ1n) is 2.49. The molecule has 1 heterocycles. The van der Waals surface area contributed by atoms with Gasteiger partial charge in [0.15, 0.2) is 0 Å². The number of ether oxygens (including phenoxy) is 2. The first kappa shape index (κ1) is 9.04. The Morgan fingerprint density at radius 3 is 1.22 bits per heavy atom. The molecule has 0 atom stereocenters. The normalized spacial score (nSPS) is 17.3. The molecule has 1 rings (SSSR count). The van der Waals surface area contributed by atoms with Crippen LogP contribution in [-0.4, -0.2) is 41.2 Å². The summed E-state index contributed by atoms with van der Waals surface area (Å²) < 4.78 is 26.8. The van der Waals surface area contributed by atoms with Gasteiger partial charge in [-0.3, -0.25) is 0 Å². The van der Waals surface area contributed by atoms with E-state index in [-0.39, 0.29) is 0 Å². The number of hydrogen-bond donors (Lipinski definition) is 0. The van der Waals surface area contributed by atoms with Crippen molar-refractivity contribution < 1.29 is 17.1 Å². The van der Waals surface area contributed by atoms with Gasteiger partial charge in [-0.2, -0.15) is 0 Å². The third-order valence-corrected chi connectivity index (χ3v) is 0.744. The van der Waals surface area contributed by atoms with Crippen molar-refractivity contribution in [1.82, 2.24) is 0 Å². The Bertz CT molecular complexity index is 73.1. The van der Waals surface area contributed by atoms with Gasteiger partial charge >= 0.3 is 22.5 Å². The number of hydrogen-bond acceptors (Lipinski definition) is 4. The van der Waals surface area contributed by atoms with Crippen molar-refractivity contribution in [2.24, 2.45) is 0 Å². The summed E-state index contributed by atoms with van der Waals surface area (Å²) in [5.41, 5.74) is 0. The van der Waals surface area contributed by atoms with Crippen LogP contribution in [0, 0.1) is 0 Å². The molecule has 1 aliphatic rings. The predicted molar refractivity (Wildman–Crippen MR) is 28.8 cm³/mol. The molecule has 0 aromatic heterocycles. The summed E-state index contributed by atoms with van der Waals surface area (Å²) in [5.74, 6) is 0. The van der Waals surface area contributed by atoms with Gasteiger partial charge in [0.1, 0.15) is 0 Å². The van der Waals surface area contributed by atoms with E-state index in [9.17, 15) is 0 Å². The van der Waals surface area contributed by atoms with Gasteiger partial charge in [0.05, 0.1) is 26.4 Å². The van der Waals surface area contributed by atoms with Gasteiger partial charge in [-0.05, 0) is 0 Å². The fourth-order valence-electron chi connectivity index (χ4n) is 0.440. The zero-order valence-electron chi connectivity index (χ0n) is 4.87. The van der Waals surface area contributed by atoms with Crippen LogP contribution in [0.25, 0.3) is 0 Å². The molecule has 9 heavy (non-hydrogen) atoms. The summed E-state index contributed by atoms with van der Waals surface area (Å²) in [4.78, 5) is 0. The molecule has 0 spiro atoms. The quantitative estimate of drug-likeness (QED) is 0.489. The molecule has 1 saturated heterocycles. The molecule has 0 aromatic rings. The van der Waals surface area contributed by atoms with Crippen LogP contribution in [0.3, 0.4) is 0 Å². The van der Waals surface area contributed by atoms with Gasteiger partial charge in [-0.15, -0.1) is 0 Å². The standard InChI is InChI=1S/C4H8O2.O2Se/c1-2-6-4-3-5-1;1-3-2/h1-4H2;. The third kappa shape index (κ3) is 8.04. The topological polar surface area (TPSA) is 52.6 Å². The average molecular weight is 199 g/mol. The third-order valence-electron chi connectivity index (χ3n) is 0.744. The summed E-state index contributed by atoms with van der Waals surface area (Å²) in [7, 11) is 0. The first-order valence-corrected chi connectivity index (χ1v) is 3.89. The van der Waals surface area contributed by atoms with Gasteiger partial charge in [0.25, 0.3) is 0 Å². The molecular formula is C4H8O4Se. The second-order valence-corrected chi connectivity index (χ2v) is 1.58. The fraction of sp³-hybridized carbons (Fsp3) is 1.00. The van der Waals surface area contributed by atoms with Gasteiger partial charge in [0, 0.05) is 0 Å². The van der Waals surface area contributed by atoms with Gasteiger partial charge in [-0.1, -0.05) is 0 Å². The van der Waals surface area contributed by atoms with E-state index in [1.165, 1.54) is 0 Å². The Morgan fingerprint density at radius 2 is 1.11 bits per heavy atom. The van der Waals surface area contributed by atoms with Crippen molar-refractivity contribution in [3.05, 3.63) is 0 Å². The molecule has 0 radical (unpaired) electrons. The Labute approximate surface area is 59.1 Å². The zero-order chi connectivity index (χ0) is 6.95. The first-order chi connectivity index (χ1) is 4.41. The van der Waals surface area contributed by atoms with Crippen molar-refractivity contribution in [3.8, 4) is 0 Å². The molecule has 1 fully saturated rings. The Morgan fingerprint density at radius 1 is 0.889 bits per heavy atom. The van der Waals surface area contributed by atoms with E-state index in [0.29, 0.717) is 0 Å². The van der Waals surface area contributed by atoms with E-state index in [0.717, 1.165) is 26.4 Å². The van der Waals surface area contributed by atoms with E-state index < -0.39 is 14.8 Å². The van der Waals surface area contributed by atoms with Crippen LogP contribution in [0.5, 0.6) is 0 Å². The molecule has 0 N–H and O–H groups in total. The molecule has 0 amide bonds. The maximum absolute atomic E-state index is 8.44. The van der Waals surface area contributed by atoms with Gasteiger partial charge in [0.2, 0.25) is 0 Å². The number of rotatable bonds is 0. The minimum atomic E-state index is -1.62. The second kappa shape index (κ2) is 8.04. The summed E-state index contributed by atoms with van der Waals surface area (Å²) in [6.07, 6.45) is 0. The molecular weight excluding hydrogens is 191 g/mol. The van der Waals surface area contributed by atoms with Crippen LogP contribution < -0.4 is 0 Å². The maximum atomic E-state index is 8.44. The van der Waals surface area contributed by atoms with Crippen LogP contribution in [-0.2, 0) is 17.1 Å². The van der Waals surface area contributed by atoms with Crippen molar-refractivity contribution in [1.29, 1.82) is 0 Å². The van der Waals surface area contributed by atoms with Gasteiger partial charge in [-0.25, -0.2) is 0 Å². The van der Waals surface area contributed by atoms with Crippen molar-refractivity contribution in [3.63, 3.8) is 0 Å². The molecule has 0 aromatic carbocycles. The van der Waals surface area contributed by atoms with Gasteiger partial charge < -0.3 is 9.47 Å². The zero-order valence-corrected chi connectivity index (χ0v) is 6.58. The monoisotopic (exact) mass is 200 g/mol. The van der Waals surface area contributed by atoms with E-state index in [2.05, 4.69) is 0 Å². The average Bonchev–Trinajstić information content (AvgIpc) is 1.93. The van der Waals surface area contributed by atoms with E-state index in [4.69, 9.17) is 17.1 Å². The van der Waals surface area contributed by atoms with Crippen molar-refractivity contribution in [2.45, 2.75) is 0 Å². The van der Waals surface area contributed by atoms with Crippen molar-refractivity contribution >= 4 is 14.8 Å². The molecule has 1 aliphatic heterocycles. The van der Waals surface area contributed by atoms with Crippen LogP contribution >= 0.6 is 0 Å². The SMILES string of the molecule is C1COCCO1.O=[Se]=O. The van der Waals surface area contributed by atoms with Crippen LogP contribution in [0.2, 0.25) is 0 Å². The summed E-state index contributed by atoms with van der Waals surface area (Å²) in [6.45, 7) is 3.11. The predicted octanol–water partition coefficient (Wildman–Crippen LogP) is -0.585. The van der Waals surface area contributed by atoms with Crippen LogP contribution in [0.1, 0.15) is 0 Å².